The summed E-state index contributed by atoms with van der Waals surface area (Å²) in [5.74, 6) is 0.351. The molecule has 0 fully saturated rings. The molecule has 0 aliphatic heterocycles. The Morgan fingerprint density at radius 3 is 2.60 bits per heavy atom. The molecular weight excluding hydrogens is 338 g/mol. The SMILES string of the molecule is COc1cc(C)c(C)cc1S(=O)(=O)NCCc1coc2ccccc12. The molecule has 2 aromatic carbocycles. The second-order valence-electron chi connectivity index (χ2n) is 5.99. The molecule has 3 rings (SSSR count). The first-order chi connectivity index (χ1) is 11.9. The summed E-state index contributed by atoms with van der Waals surface area (Å²) in [7, 11) is -2.18. The van der Waals surface area contributed by atoms with E-state index in [2.05, 4.69) is 4.72 Å². The second kappa shape index (κ2) is 6.90. The molecule has 5 nitrogen and oxygen atoms in total. The van der Waals surface area contributed by atoms with Crippen LogP contribution in [0.5, 0.6) is 5.75 Å². The minimum atomic E-state index is -3.65. The lowest BCUT2D eigenvalue weighted by Gasteiger charge is -2.13. The van der Waals surface area contributed by atoms with Crippen LogP contribution in [0, 0.1) is 13.8 Å². The van der Waals surface area contributed by atoms with Gasteiger partial charge in [-0.25, -0.2) is 13.1 Å². The van der Waals surface area contributed by atoms with Crippen LogP contribution in [0.25, 0.3) is 11.0 Å². The first-order valence-electron chi connectivity index (χ1n) is 8.02. The predicted octanol–water partition coefficient (Wildman–Crippen LogP) is 3.58. The molecule has 0 atom stereocenters. The Balaban J connectivity index is 1.77. The van der Waals surface area contributed by atoms with E-state index in [1.54, 1.807) is 18.4 Å². The van der Waals surface area contributed by atoms with Crippen LogP contribution in [0.2, 0.25) is 0 Å². The molecule has 0 aliphatic rings. The van der Waals surface area contributed by atoms with Crippen LogP contribution in [-0.4, -0.2) is 22.1 Å². The average Bonchev–Trinajstić information content (AvgIpc) is 3.00. The van der Waals surface area contributed by atoms with E-state index in [1.165, 1.54) is 7.11 Å². The molecule has 3 aromatic rings. The monoisotopic (exact) mass is 359 g/mol. The molecule has 1 N–H and O–H groups in total. The lowest BCUT2D eigenvalue weighted by Crippen LogP contribution is -2.26. The number of ether oxygens (including phenoxy) is 1. The first kappa shape index (κ1) is 17.5. The Morgan fingerprint density at radius 1 is 1.12 bits per heavy atom. The van der Waals surface area contributed by atoms with Crippen LogP contribution < -0.4 is 9.46 Å². The third-order valence-electron chi connectivity index (χ3n) is 4.32. The molecule has 0 bridgehead atoms. The molecule has 1 aromatic heterocycles. The molecule has 132 valence electrons. The van der Waals surface area contributed by atoms with E-state index in [4.69, 9.17) is 9.15 Å². The fourth-order valence-electron chi connectivity index (χ4n) is 2.76. The standard InChI is InChI=1S/C19H21NO4S/c1-13-10-18(23-3)19(11-14(13)2)25(21,22)20-9-8-15-12-24-17-7-5-4-6-16(15)17/h4-7,10-12,20H,8-9H2,1-3H3. The van der Waals surface area contributed by atoms with Crippen LogP contribution in [0.15, 0.2) is 52.0 Å². The van der Waals surface area contributed by atoms with Crippen molar-refractivity contribution in [1.82, 2.24) is 4.72 Å². The number of para-hydroxylation sites is 1. The zero-order valence-corrected chi connectivity index (χ0v) is 15.3. The van der Waals surface area contributed by atoms with Gasteiger partial charge in [-0.2, -0.15) is 0 Å². The second-order valence-corrected chi connectivity index (χ2v) is 7.73. The highest BCUT2D eigenvalue weighted by Gasteiger charge is 2.20. The maximum atomic E-state index is 12.7. The number of sulfonamides is 1. The Labute approximate surface area is 147 Å². The van der Waals surface area contributed by atoms with E-state index in [1.807, 2.05) is 38.1 Å². The molecular formula is C19H21NO4S. The van der Waals surface area contributed by atoms with Gasteiger partial charge in [0.2, 0.25) is 10.0 Å². The maximum absolute atomic E-state index is 12.7. The number of rotatable bonds is 6. The number of aryl methyl sites for hydroxylation is 2. The van der Waals surface area contributed by atoms with E-state index < -0.39 is 10.0 Å². The Bertz CT molecular complexity index is 1010. The summed E-state index contributed by atoms with van der Waals surface area (Å²) in [6.45, 7) is 4.08. The Morgan fingerprint density at radius 2 is 1.84 bits per heavy atom. The highest BCUT2D eigenvalue weighted by molar-refractivity contribution is 7.89. The van der Waals surface area contributed by atoms with Crippen molar-refractivity contribution in [2.75, 3.05) is 13.7 Å². The average molecular weight is 359 g/mol. The minimum absolute atomic E-state index is 0.162. The van der Waals surface area contributed by atoms with E-state index in [9.17, 15) is 8.42 Å². The Hall–Kier alpha value is -2.31. The fourth-order valence-corrected chi connectivity index (χ4v) is 4.02. The summed E-state index contributed by atoms with van der Waals surface area (Å²) >= 11 is 0. The van der Waals surface area contributed by atoms with E-state index in [-0.39, 0.29) is 11.4 Å². The van der Waals surface area contributed by atoms with Gasteiger partial charge in [-0.05, 0) is 55.2 Å². The summed E-state index contributed by atoms with van der Waals surface area (Å²) in [6.07, 6.45) is 2.22. The van der Waals surface area contributed by atoms with E-state index in [0.717, 1.165) is 27.7 Å². The van der Waals surface area contributed by atoms with Crippen molar-refractivity contribution in [2.45, 2.75) is 25.2 Å². The van der Waals surface area contributed by atoms with Crippen LogP contribution in [0.4, 0.5) is 0 Å². The largest absolute Gasteiger partial charge is 0.495 e. The van der Waals surface area contributed by atoms with Crippen LogP contribution in [-0.2, 0) is 16.4 Å². The molecule has 0 radical (unpaired) electrons. The van der Waals surface area contributed by atoms with Crippen LogP contribution in [0.1, 0.15) is 16.7 Å². The van der Waals surface area contributed by atoms with Gasteiger partial charge in [-0.3, -0.25) is 0 Å². The zero-order chi connectivity index (χ0) is 18.0. The molecule has 1 heterocycles. The van der Waals surface area contributed by atoms with Gasteiger partial charge in [-0.15, -0.1) is 0 Å². The van der Waals surface area contributed by atoms with Crippen molar-refractivity contribution in [2.24, 2.45) is 0 Å². The lowest BCUT2D eigenvalue weighted by atomic mass is 10.1. The summed E-state index contributed by atoms with van der Waals surface area (Å²) < 4.78 is 38.7. The number of fused-ring (bicyclic) bond motifs is 1. The van der Waals surface area contributed by atoms with Gasteiger partial charge in [0, 0.05) is 11.9 Å². The molecule has 0 spiro atoms. The number of hydrogen-bond acceptors (Lipinski definition) is 4. The summed E-state index contributed by atoms with van der Waals surface area (Å²) in [5, 5.41) is 1.01. The lowest BCUT2D eigenvalue weighted by molar-refractivity contribution is 0.402. The van der Waals surface area contributed by atoms with Gasteiger partial charge in [0.15, 0.2) is 0 Å². The molecule has 0 unspecified atom stereocenters. The summed E-state index contributed by atoms with van der Waals surface area (Å²) in [6, 6.07) is 11.1. The van der Waals surface area contributed by atoms with Gasteiger partial charge in [0.1, 0.15) is 16.2 Å². The quantitative estimate of drug-likeness (QED) is 0.730. The number of methoxy groups -OCH3 is 1. The van der Waals surface area contributed by atoms with Crippen molar-refractivity contribution in [3.8, 4) is 5.75 Å². The maximum Gasteiger partial charge on any atom is 0.244 e. The van der Waals surface area contributed by atoms with Crippen LogP contribution >= 0.6 is 0 Å². The normalized spacial score (nSPS) is 11.8. The zero-order valence-electron chi connectivity index (χ0n) is 14.5. The molecule has 6 heteroatoms. The fraction of sp³-hybridized carbons (Fsp3) is 0.263. The molecule has 0 amide bonds. The van der Waals surface area contributed by atoms with Gasteiger partial charge in [-0.1, -0.05) is 18.2 Å². The third kappa shape index (κ3) is 3.55. The van der Waals surface area contributed by atoms with Crippen molar-refractivity contribution < 1.29 is 17.6 Å². The topological polar surface area (TPSA) is 68.5 Å². The first-order valence-corrected chi connectivity index (χ1v) is 9.50. The van der Waals surface area contributed by atoms with Crippen molar-refractivity contribution in [3.63, 3.8) is 0 Å². The van der Waals surface area contributed by atoms with Crippen LogP contribution in [0.3, 0.4) is 0 Å². The van der Waals surface area contributed by atoms with Gasteiger partial charge in [0.05, 0.1) is 13.4 Å². The van der Waals surface area contributed by atoms with Crippen molar-refractivity contribution in [3.05, 3.63) is 59.4 Å². The highest BCUT2D eigenvalue weighted by atomic mass is 32.2. The van der Waals surface area contributed by atoms with E-state index in [0.29, 0.717) is 12.2 Å². The van der Waals surface area contributed by atoms with Crippen molar-refractivity contribution >= 4 is 21.0 Å². The predicted molar refractivity (Wildman–Crippen MR) is 97.6 cm³/mol. The number of hydrogen-bond donors (Lipinski definition) is 1. The van der Waals surface area contributed by atoms with Gasteiger partial charge >= 0.3 is 0 Å². The van der Waals surface area contributed by atoms with Crippen molar-refractivity contribution in [1.29, 1.82) is 0 Å². The third-order valence-corrected chi connectivity index (χ3v) is 5.80. The van der Waals surface area contributed by atoms with Gasteiger partial charge < -0.3 is 9.15 Å². The highest BCUT2D eigenvalue weighted by Crippen LogP contribution is 2.27. The minimum Gasteiger partial charge on any atom is -0.495 e. The molecule has 25 heavy (non-hydrogen) atoms. The number of benzene rings is 2. The summed E-state index contributed by atoms with van der Waals surface area (Å²) in [5.41, 5.74) is 3.67. The molecule has 0 saturated carbocycles. The van der Waals surface area contributed by atoms with Gasteiger partial charge in [0.25, 0.3) is 0 Å². The number of furan rings is 1. The Kier molecular flexibility index (Phi) is 4.83. The molecule has 0 aliphatic carbocycles. The number of nitrogens with one attached hydrogen (secondary N) is 1. The van der Waals surface area contributed by atoms with E-state index >= 15 is 0 Å². The smallest absolute Gasteiger partial charge is 0.244 e. The summed E-state index contributed by atoms with van der Waals surface area (Å²) in [4.78, 5) is 0.162. The molecule has 0 saturated heterocycles.